The molecule has 6 nitrogen and oxygen atoms in total. The van der Waals surface area contributed by atoms with Crippen molar-refractivity contribution in [1.82, 2.24) is 5.43 Å². The van der Waals surface area contributed by atoms with Crippen molar-refractivity contribution in [1.29, 1.82) is 0 Å². The van der Waals surface area contributed by atoms with Gasteiger partial charge in [-0.1, -0.05) is 45.2 Å². The van der Waals surface area contributed by atoms with Crippen LogP contribution in [-0.4, -0.2) is 23.8 Å². The number of hydrazone groups is 1. The predicted molar refractivity (Wildman–Crippen MR) is 145 cm³/mol. The van der Waals surface area contributed by atoms with E-state index in [-0.39, 0.29) is 17.9 Å². The number of halogens is 5. The van der Waals surface area contributed by atoms with E-state index in [4.69, 9.17) is 32.7 Å². The van der Waals surface area contributed by atoms with Gasteiger partial charge in [0.1, 0.15) is 12.4 Å². The van der Waals surface area contributed by atoms with Crippen LogP contribution in [0.5, 0.6) is 17.2 Å². The first-order chi connectivity index (χ1) is 16.2. The number of aromatic hydroxyl groups is 1. The minimum absolute atomic E-state index is 0.0667. The zero-order valence-corrected chi connectivity index (χ0v) is 23.8. The monoisotopic (exact) mass is 692 g/mol. The lowest BCUT2D eigenvalue weighted by Crippen LogP contribution is -2.18. The normalized spacial score (nSPS) is 11.0. The average Bonchev–Trinajstić information content (AvgIpc) is 2.78. The fourth-order valence-electron chi connectivity index (χ4n) is 2.78. The summed E-state index contributed by atoms with van der Waals surface area (Å²) in [5, 5.41) is 15.2. The lowest BCUT2D eigenvalue weighted by Gasteiger charge is -2.14. The molecule has 0 radical (unpaired) electrons. The maximum Gasteiger partial charge on any atom is 0.275 e. The van der Waals surface area contributed by atoms with E-state index in [1.165, 1.54) is 12.3 Å². The lowest BCUT2D eigenvalue weighted by atomic mass is 10.2. The summed E-state index contributed by atoms with van der Waals surface area (Å²) in [6.07, 6.45) is 1.45. The minimum atomic E-state index is -0.572. The number of phenolic OH excluding ortho intramolecular Hbond substituents is 1. The topological polar surface area (TPSA) is 80.2 Å². The van der Waals surface area contributed by atoms with Crippen molar-refractivity contribution < 1.29 is 19.4 Å². The van der Waals surface area contributed by atoms with Crippen molar-refractivity contribution in [2.45, 2.75) is 13.5 Å². The van der Waals surface area contributed by atoms with E-state index >= 15 is 0 Å². The first-order valence-corrected chi connectivity index (χ1v) is 12.9. The van der Waals surface area contributed by atoms with Gasteiger partial charge in [0.15, 0.2) is 11.5 Å². The third-order valence-electron chi connectivity index (χ3n) is 4.40. The summed E-state index contributed by atoms with van der Waals surface area (Å²) in [5.74, 6) is 0.247. The van der Waals surface area contributed by atoms with Gasteiger partial charge in [-0.15, -0.1) is 0 Å². The summed E-state index contributed by atoms with van der Waals surface area (Å²) in [6.45, 7) is 2.50. The van der Waals surface area contributed by atoms with Gasteiger partial charge < -0.3 is 14.6 Å². The highest BCUT2D eigenvalue weighted by Crippen LogP contribution is 2.35. The summed E-state index contributed by atoms with van der Waals surface area (Å²) in [6, 6.07) is 11.8. The van der Waals surface area contributed by atoms with Crippen molar-refractivity contribution in [2.75, 3.05) is 6.61 Å². The van der Waals surface area contributed by atoms with E-state index in [2.05, 4.69) is 58.3 Å². The Morgan fingerprint density at radius 3 is 2.50 bits per heavy atom. The van der Waals surface area contributed by atoms with E-state index in [1.807, 2.05) is 6.92 Å². The molecule has 0 unspecified atom stereocenters. The number of ether oxygens (including phenoxy) is 2. The number of carbonyl (C=O) groups is 1. The second-order valence-electron chi connectivity index (χ2n) is 6.76. The molecule has 3 aromatic carbocycles. The number of rotatable bonds is 8. The molecule has 1 amide bonds. The molecular formula is C23H17Br3Cl2N2O4. The van der Waals surface area contributed by atoms with Crippen LogP contribution in [0.1, 0.15) is 28.4 Å². The number of nitrogens with zero attached hydrogens (tertiary/aromatic N) is 1. The molecule has 3 aromatic rings. The standard InChI is InChI=1S/C23H17Br3Cl2N2O4/c1-2-33-20-5-13(10-29-30-23(32)16-6-14(24)7-18(26)22(16)31)17(25)9-21(20)34-11-12-3-4-15(27)8-19(12)28/h3-10,31H,2,11H2,1H3,(H,30,32)/b29-10-. The largest absolute Gasteiger partial charge is 0.506 e. The maximum absolute atomic E-state index is 12.4. The summed E-state index contributed by atoms with van der Waals surface area (Å²) in [5.41, 5.74) is 3.89. The van der Waals surface area contributed by atoms with Crippen LogP contribution in [0.25, 0.3) is 0 Å². The van der Waals surface area contributed by atoms with E-state index in [0.717, 1.165) is 5.56 Å². The van der Waals surface area contributed by atoms with E-state index in [9.17, 15) is 9.90 Å². The first-order valence-electron chi connectivity index (χ1n) is 9.74. The summed E-state index contributed by atoms with van der Waals surface area (Å²) >= 11 is 22.2. The Balaban J connectivity index is 1.76. The second kappa shape index (κ2) is 12.3. The summed E-state index contributed by atoms with van der Waals surface area (Å²) in [7, 11) is 0. The van der Waals surface area contributed by atoms with Crippen LogP contribution >= 0.6 is 71.0 Å². The zero-order valence-electron chi connectivity index (χ0n) is 17.5. The number of carbonyl (C=O) groups excluding carboxylic acids is 1. The molecule has 0 aliphatic rings. The molecule has 0 aliphatic carbocycles. The Hall–Kier alpha value is -1.78. The molecular weight excluding hydrogens is 679 g/mol. The van der Waals surface area contributed by atoms with Crippen molar-refractivity contribution in [3.8, 4) is 17.2 Å². The molecule has 0 bridgehead atoms. The van der Waals surface area contributed by atoms with Gasteiger partial charge in [-0.25, -0.2) is 5.43 Å². The van der Waals surface area contributed by atoms with Crippen molar-refractivity contribution in [3.05, 3.63) is 82.6 Å². The molecule has 0 aromatic heterocycles. The second-order valence-corrected chi connectivity index (χ2v) is 10.2. The molecule has 3 rings (SSSR count). The molecule has 0 saturated heterocycles. The number of nitrogens with one attached hydrogen (secondary N) is 1. The Bertz CT molecular complexity index is 1260. The molecule has 0 aliphatic heterocycles. The molecule has 0 fully saturated rings. The molecule has 0 saturated carbocycles. The van der Waals surface area contributed by atoms with Crippen molar-refractivity contribution >= 4 is 83.1 Å². The van der Waals surface area contributed by atoms with Gasteiger partial charge in [-0.2, -0.15) is 5.10 Å². The van der Waals surface area contributed by atoms with Crippen LogP contribution in [0.15, 0.2) is 61.0 Å². The third kappa shape index (κ3) is 6.88. The highest BCUT2D eigenvalue weighted by Gasteiger charge is 2.15. The molecule has 0 spiro atoms. The van der Waals surface area contributed by atoms with Gasteiger partial charge in [-0.05, 0) is 75.2 Å². The zero-order chi connectivity index (χ0) is 24.8. The van der Waals surface area contributed by atoms with Gasteiger partial charge in [-0.3, -0.25) is 4.79 Å². The van der Waals surface area contributed by atoms with E-state index in [1.54, 1.807) is 36.4 Å². The molecule has 2 N–H and O–H groups in total. The van der Waals surface area contributed by atoms with Gasteiger partial charge in [0, 0.05) is 30.1 Å². The highest BCUT2D eigenvalue weighted by atomic mass is 79.9. The molecule has 0 atom stereocenters. The quantitative estimate of drug-likeness (QED) is 0.187. The van der Waals surface area contributed by atoms with Crippen molar-refractivity contribution in [2.24, 2.45) is 5.10 Å². The van der Waals surface area contributed by atoms with Crippen LogP contribution in [0.2, 0.25) is 10.0 Å². The number of hydrogen-bond donors (Lipinski definition) is 2. The van der Waals surface area contributed by atoms with E-state index < -0.39 is 5.91 Å². The van der Waals surface area contributed by atoms with Crippen LogP contribution < -0.4 is 14.9 Å². The summed E-state index contributed by atoms with van der Waals surface area (Å²) in [4.78, 5) is 12.4. The first kappa shape index (κ1) is 26.8. The van der Waals surface area contributed by atoms with Gasteiger partial charge in [0.2, 0.25) is 0 Å². The Kier molecular flexibility index (Phi) is 9.67. The summed E-state index contributed by atoms with van der Waals surface area (Å²) < 4.78 is 13.3. The number of phenols is 1. The predicted octanol–water partition coefficient (Wildman–Crippen LogP) is 7.73. The van der Waals surface area contributed by atoms with Gasteiger partial charge in [0.05, 0.1) is 22.9 Å². The molecule has 34 heavy (non-hydrogen) atoms. The van der Waals surface area contributed by atoms with Crippen LogP contribution in [-0.2, 0) is 6.61 Å². The third-order valence-corrected chi connectivity index (χ3v) is 6.74. The highest BCUT2D eigenvalue weighted by molar-refractivity contribution is 9.11. The smallest absolute Gasteiger partial charge is 0.275 e. The number of hydrogen-bond acceptors (Lipinski definition) is 5. The Labute approximate surface area is 231 Å². The molecule has 0 heterocycles. The van der Waals surface area contributed by atoms with Crippen LogP contribution in [0.4, 0.5) is 0 Å². The SMILES string of the molecule is CCOc1cc(/C=N\NC(=O)c2cc(Br)cc(Br)c2O)c(Br)cc1OCc1ccc(Cl)cc1Cl. The van der Waals surface area contributed by atoms with Crippen molar-refractivity contribution in [3.63, 3.8) is 0 Å². The van der Waals surface area contributed by atoms with Gasteiger partial charge >= 0.3 is 0 Å². The van der Waals surface area contributed by atoms with E-state index in [0.29, 0.717) is 47.1 Å². The average molecular weight is 696 g/mol. The van der Waals surface area contributed by atoms with Crippen LogP contribution in [0.3, 0.4) is 0 Å². The molecule has 178 valence electrons. The minimum Gasteiger partial charge on any atom is -0.506 e. The van der Waals surface area contributed by atoms with Gasteiger partial charge in [0.25, 0.3) is 5.91 Å². The number of amides is 1. The lowest BCUT2D eigenvalue weighted by molar-refractivity contribution is 0.0952. The Morgan fingerprint density at radius 2 is 1.79 bits per heavy atom. The maximum atomic E-state index is 12.4. The fourth-order valence-corrected chi connectivity index (χ4v) is 4.90. The number of benzene rings is 3. The molecule has 11 heteroatoms. The van der Waals surface area contributed by atoms with Crippen LogP contribution in [0, 0.1) is 0 Å². The fraction of sp³-hybridized carbons (Fsp3) is 0.130. The Morgan fingerprint density at radius 1 is 1.06 bits per heavy atom.